The summed E-state index contributed by atoms with van der Waals surface area (Å²) < 4.78 is 4.52. The van der Waals surface area contributed by atoms with Gasteiger partial charge in [0.25, 0.3) is 0 Å². The first-order valence-corrected chi connectivity index (χ1v) is 5.41. The number of likely N-dealkylation sites (N-methyl/N-ethyl adjacent to an activating group) is 1. The molecule has 86 valence electrons. The first-order chi connectivity index (χ1) is 7.22. The summed E-state index contributed by atoms with van der Waals surface area (Å²) in [5.74, 6) is -0.303. The second-order valence-electron chi connectivity index (χ2n) is 3.87. The van der Waals surface area contributed by atoms with Crippen LogP contribution >= 0.6 is 0 Å². The summed E-state index contributed by atoms with van der Waals surface area (Å²) in [5, 5.41) is 0. The van der Waals surface area contributed by atoms with Crippen LogP contribution in [-0.4, -0.2) is 56.1 Å². The summed E-state index contributed by atoms with van der Waals surface area (Å²) in [6.45, 7) is 4.46. The van der Waals surface area contributed by atoms with Gasteiger partial charge >= 0.3 is 5.97 Å². The smallest absolute Gasteiger partial charge is 0.331 e. The van der Waals surface area contributed by atoms with Crippen molar-refractivity contribution in [2.24, 2.45) is 0 Å². The fourth-order valence-corrected chi connectivity index (χ4v) is 1.64. The number of methoxy groups -OCH3 is 1. The van der Waals surface area contributed by atoms with Crippen molar-refractivity contribution in [3.63, 3.8) is 0 Å². The van der Waals surface area contributed by atoms with E-state index in [9.17, 15) is 4.79 Å². The highest BCUT2D eigenvalue weighted by Crippen LogP contribution is 2.06. The molecule has 0 aromatic carbocycles. The Hall–Kier alpha value is -1.03. The lowest BCUT2D eigenvalue weighted by atomic mass is 10.4. The fourth-order valence-electron chi connectivity index (χ4n) is 1.64. The molecule has 0 N–H and O–H groups in total. The molecule has 0 amide bonds. The monoisotopic (exact) mass is 212 g/mol. The lowest BCUT2D eigenvalue weighted by Crippen LogP contribution is -2.29. The van der Waals surface area contributed by atoms with Crippen molar-refractivity contribution < 1.29 is 9.53 Å². The topological polar surface area (TPSA) is 32.8 Å². The predicted molar refractivity (Wildman–Crippen MR) is 59.5 cm³/mol. The van der Waals surface area contributed by atoms with E-state index < -0.39 is 0 Å². The molecule has 0 unspecified atom stereocenters. The minimum Gasteiger partial charge on any atom is -0.466 e. The molecule has 0 aromatic rings. The molecule has 0 bridgehead atoms. The maximum absolute atomic E-state index is 10.8. The normalized spacial score (nSPS) is 17.2. The van der Waals surface area contributed by atoms with Crippen molar-refractivity contribution in [1.29, 1.82) is 0 Å². The maximum atomic E-state index is 10.8. The summed E-state index contributed by atoms with van der Waals surface area (Å²) in [5.41, 5.74) is 0. The number of ether oxygens (including phenoxy) is 1. The molecule has 0 aromatic heterocycles. The van der Waals surface area contributed by atoms with Crippen molar-refractivity contribution in [2.45, 2.75) is 12.8 Å². The van der Waals surface area contributed by atoms with Gasteiger partial charge < -0.3 is 14.5 Å². The van der Waals surface area contributed by atoms with Crippen LogP contribution in [0.5, 0.6) is 0 Å². The average molecular weight is 212 g/mol. The van der Waals surface area contributed by atoms with Gasteiger partial charge in [-0.1, -0.05) is 0 Å². The van der Waals surface area contributed by atoms with Gasteiger partial charge in [0.05, 0.1) is 7.11 Å². The molecule has 1 aliphatic rings. The van der Waals surface area contributed by atoms with Crippen molar-refractivity contribution in [3.05, 3.63) is 12.3 Å². The zero-order chi connectivity index (χ0) is 11.1. The van der Waals surface area contributed by atoms with Gasteiger partial charge in [0.15, 0.2) is 0 Å². The Balaban J connectivity index is 2.14. The van der Waals surface area contributed by atoms with Crippen molar-refractivity contribution in [1.82, 2.24) is 9.80 Å². The van der Waals surface area contributed by atoms with E-state index in [4.69, 9.17) is 0 Å². The summed E-state index contributed by atoms with van der Waals surface area (Å²) in [6.07, 6.45) is 5.86. The van der Waals surface area contributed by atoms with E-state index in [0.717, 1.165) is 13.1 Å². The molecular formula is C11H20N2O2. The Morgan fingerprint density at radius 3 is 2.73 bits per heavy atom. The Kier molecular flexibility index (Phi) is 5.18. The number of hydrogen-bond donors (Lipinski definition) is 0. The van der Waals surface area contributed by atoms with E-state index >= 15 is 0 Å². The Bertz CT molecular complexity index is 223. The molecule has 4 nitrogen and oxygen atoms in total. The van der Waals surface area contributed by atoms with Crippen LogP contribution in [-0.2, 0) is 9.53 Å². The van der Waals surface area contributed by atoms with Gasteiger partial charge in [-0.25, -0.2) is 4.79 Å². The van der Waals surface area contributed by atoms with Gasteiger partial charge in [-0.2, -0.15) is 0 Å². The van der Waals surface area contributed by atoms with Crippen LogP contribution in [0.4, 0.5) is 0 Å². The number of rotatable bonds is 5. The molecule has 1 saturated heterocycles. The molecule has 4 heteroatoms. The molecule has 0 atom stereocenters. The standard InChI is InChI=1S/C11H20N2O2/c1-12(8-5-11(14)15-2)9-10-13-6-3-4-7-13/h5,8H,3-4,6-7,9-10H2,1-2H3. The third-order valence-corrected chi connectivity index (χ3v) is 2.63. The highest BCUT2D eigenvalue weighted by atomic mass is 16.5. The van der Waals surface area contributed by atoms with Gasteiger partial charge in [0.1, 0.15) is 0 Å². The molecule has 0 spiro atoms. The predicted octanol–water partition coefficient (Wildman–Crippen LogP) is 0.701. The first kappa shape index (κ1) is 12.0. The third kappa shape index (κ3) is 4.83. The van der Waals surface area contributed by atoms with Gasteiger partial charge in [0, 0.05) is 32.4 Å². The molecule has 1 fully saturated rings. The van der Waals surface area contributed by atoms with Gasteiger partial charge in [-0.3, -0.25) is 0 Å². The summed E-state index contributed by atoms with van der Waals surface area (Å²) in [7, 11) is 3.35. The molecule has 1 aliphatic heterocycles. The number of carbonyl (C=O) groups is 1. The molecular weight excluding hydrogens is 192 g/mol. The Morgan fingerprint density at radius 1 is 1.47 bits per heavy atom. The van der Waals surface area contributed by atoms with Gasteiger partial charge in [-0.15, -0.1) is 0 Å². The number of carbonyl (C=O) groups excluding carboxylic acids is 1. The largest absolute Gasteiger partial charge is 0.466 e. The Labute approximate surface area is 91.5 Å². The number of nitrogens with zero attached hydrogens (tertiary/aromatic N) is 2. The minimum absolute atomic E-state index is 0.303. The second kappa shape index (κ2) is 6.45. The van der Waals surface area contributed by atoms with E-state index in [1.807, 2.05) is 11.9 Å². The minimum atomic E-state index is -0.303. The highest BCUT2D eigenvalue weighted by Gasteiger charge is 2.10. The summed E-state index contributed by atoms with van der Waals surface area (Å²) in [6, 6.07) is 0. The number of likely N-dealkylation sites (tertiary alicyclic amines) is 1. The number of hydrogen-bond acceptors (Lipinski definition) is 4. The van der Waals surface area contributed by atoms with E-state index in [1.54, 1.807) is 6.20 Å². The van der Waals surface area contributed by atoms with Crippen molar-refractivity contribution in [2.75, 3.05) is 40.3 Å². The third-order valence-electron chi connectivity index (χ3n) is 2.63. The van der Waals surface area contributed by atoms with Crippen LogP contribution in [0, 0.1) is 0 Å². The van der Waals surface area contributed by atoms with E-state index in [0.29, 0.717) is 0 Å². The lowest BCUT2D eigenvalue weighted by molar-refractivity contribution is -0.134. The summed E-state index contributed by atoms with van der Waals surface area (Å²) in [4.78, 5) is 15.3. The Morgan fingerprint density at radius 2 is 2.13 bits per heavy atom. The van der Waals surface area contributed by atoms with Crippen LogP contribution in [0.15, 0.2) is 12.3 Å². The van der Waals surface area contributed by atoms with Crippen LogP contribution in [0.3, 0.4) is 0 Å². The SMILES string of the molecule is COC(=O)C=CN(C)CCN1CCCC1. The molecule has 1 rings (SSSR count). The van der Waals surface area contributed by atoms with Crippen molar-refractivity contribution >= 4 is 5.97 Å². The van der Waals surface area contributed by atoms with E-state index in [1.165, 1.54) is 39.1 Å². The van der Waals surface area contributed by atoms with Crippen LogP contribution in [0.25, 0.3) is 0 Å². The van der Waals surface area contributed by atoms with Gasteiger partial charge in [-0.05, 0) is 25.9 Å². The van der Waals surface area contributed by atoms with Crippen molar-refractivity contribution in [3.8, 4) is 0 Å². The maximum Gasteiger partial charge on any atom is 0.331 e. The highest BCUT2D eigenvalue weighted by molar-refractivity contribution is 5.81. The number of esters is 1. The molecule has 0 saturated carbocycles. The van der Waals surface area contributed by atoms with Gasteiger partial charge in [0.2, 0.25) is 0 Å². The lowest BCUT2D eigenvalue weighted by Gasteiger charge is -2.19. The summed E-state index contributed by atoms with van der Waals surface area (Å²) >= 11 is 0. The quantitative estimate of drug-likeness (QED) is 0.496. The average Bonchev–Trinajstić information content (AvgIpc) is 2.75. The molecule has 1 heterocycles. The zero-order valence-electron chi connectivity index (χ0n) is 9.61. The van der Waals surface area contributed by atoms with Crippen LogP contribution in [0.2, 0.25) is 0 Å². The van der Waals surface area contributed by atoms with E-state index in [2.05, 4.69) is 9.64 Å². The second-order valence-corrected chi connectivity index (χ2v) is 3.87. The molecule has 15 heavy (non-hydrogen) atoms. The first-order valence-electron chi connectivity index (χ1n) is 5.41. The van der Waals surface area contributed by atoms with Crippen LogP contribution in [0.1, 0.15) is 12.8 Å². The van der Waals surface area contributed by atoms with E-state index in [-0.39, 0.29) is 5.97 Å². The van der Waals surface area contributed by atoms with Crippen LogP contribution < -0.4 is 0 Å². The molecule has 0 radical (unpaired) electrons. The fraction of sp³-hybridized carbons (Fsp3) is 0.727. The zero-order valence-corrected chi connectivity index (χ0v) is 9.61. The molecule has 0 aliphatic carbocycles.